The van der Waals surface area contributed by atoms with Crippen LogP contribution in [0.4, 0.5) is 13.2 Å². The molecule has 1 aromatic rings. The monoisotopic (exact) mass is 290 g/mol. The quantitative estimate of drug-likeness (QED) is 0.837. The first kappa shape index (κ1) is 14.7. The number of rotatable bonds is 2. The molecule has 1 aromatic carbocycles. The summed E-state index contributed by atoms with van der Waals surface area (Å²) in [5, 5.41) is 0. The van der Waals surface area contributed by atoms with Crippen LogP contribution in [0.3, 0.4) is 0 Å². The second kappa shape index (κ2) is 5.73. The summed E-state index contributed by atoms with van der Waals surface area (Å²) in [4.78, 5) is 2.15. The van der Waals surface area contributed by atoms with Gasteiger partial charge in [0, 0.05) is 32.7 Å². The Morgan fingerprint density at radius 3 is 2.32 bits per heavy atom. The Morgan fingerprint density at radius 1 is 1.11 bits per heavy atom. The predicted octanol–water partition coefficient (Wildman–Crippen LogP) is 2.98. The Hall–Kier alpha value is -0.720. The maximum atomic E-state index is 12.7. The van der Waals surface area contributed by atoms with Crippen LogP contribution in [-0.4, -0.2) is 35.4 Å². The van der Waals surface area contributed by atoms with Crippen LogP contribution >= 0.6 is 12.8 Å². The van der Waals surface area contributed by atoms with Crippen molar-refractivity contribution < 1.29 is 13.2 Å². The molecule has 0 bridgehead atoms. The van der Waals surface area contributed by atoms with Crippen LogP contribution in [0.25, 0.3) is 0 Å². The van der Waals surface area contributed by atoms with Crippen LogP contribution in [-0.2, 0) is 12.7 Å². The first-order chi connectivity index (χ1) is 8.84. The van der Waals surface area contributed by atoms with Gasteiger partial charge in [-0.15, -0.1) is 0 Å². The lowest BCUT2D eigenvalue weighted by Crippen LogP contribution is -2.41. The second-order valence-corrected chi connectivity index (χ2v) is 5.50. The molecule has 0 N–H and O–H groups in total. The van der Waals surface area contributed by atoms with Crippen molar-refractivity contribution >= 4 is 12.8 Å². The highest BCUT2D eigenvalue weighted by Crippen LogP contribution is 2.30. The number of thiol groups is 1. The van der Waals surface area contributed by atoms with Gasteiger partial charge in [0.15, 0.2) is 0 Å². The van der Waals surface area contributed by atoms with E-state index in [2.05, 4.69) is 17.7 Å². The first-order valence-corrected chi connectivity index (χ1v) is 6.58. The average molecular weight is 290 g/mol. The molecule has 0 radical (unpaired) electrons. The first-order valence-electron chi connectivity index (χ1n) is 6.18. The van der Waals surface area contributed by atoms with E-state index >= 15 is 0 Å². The van der Waals surface area contributed by atoms with Crippen LogP contribution in [0.1, 0.15) is 16.7 Å². The Labute approximate surface area is 116 Å². The predicted molar refractivity (Wildman–Crippen MR) is 72.0 cm³/mol. The van der Waals surface area contributed by atoms with E-state index in [0.717, 1.165) is 31.7 Å². The van der Waals surface area contributed by atoms with E-state index in [0.29, 0.717) is 12.1 Å². The van der Waals surface area contributed by atoms with Gasteiger partial charge in [0.05, 0.1) is 5.56 Å². The molecule has 1 aliphatic rings. The second-order valence-electron chi connectivity index (χ2n) is 4.93. The summed E-state index contributed by atoms with van der Waals surface area (Å²) < 4.78 is 40.2. The lowest BCUT2D eigenvalue weighted by Gasteiger charge is -2.31. The van der Waals surface area contributed by atoms with Gasteiger partial charge < -0.3 is 0 Å². The molecule has 0 spiro atoms. The van der Waals surface area contributed by atoms with E-state index in [1.165, 1.54) is 12.1 Å². The summed E-state index contributed by atoms with van der Waals surface area (Å²) in [6.45, 7) is 5.59. The maximum Gasteiger partial charge on any atom is 0.416 e. The fourth-order valence-corrected chi connectivity index (χ4v) is 2.45. The van der Waals surface area contributed by atoms with Crippen molar-refractivity contribution in [2.75, 3.05) is 26.2 Å². The van der Waals surface area contributed by atoms with Crippen LogP contribution in [0.5, 0.6) is 0 Å². The summed E-state index contributed by atoms with van der Waals surface area (Å²) in [7, 11) is 0. The maximum absolute atomic E-state index is 12.7. The van der Waals surface area contributed by atoms with Crippen molar-refractivity contribution in [1.29, 1.82) is 0 Å². The molecule has 0 atom stereocenters. The van der Waals surface area contributed by atoms with Gasteiger partial charge in [0.2, 0.25) is 0 Å². The van der Waals surface area contributed by atoms with E-state index < -0.39 is 11.7 Å². The average Bonchev–Trinajstić information content (AvgIpc) is 2.30. The van der Waals surface area contributed by atoms with E-state index in [4.69, 9.17) is 0 Å². The van der Waals surface area contributed by atoms with Gasteiger partial charge in [-0.2, -0.15) is 13.2 Å². The summed E-state index contributed by atoms with van der Waals surface area (Å²) in [6, 6.07) is 4.26. The van der Waals surface area contributed by atoms with Gasteiger partial charge >= 0.3 is 6.18 Å². The molecule has 19 heavy (non-hydrogen) atoms. The van der Waals surface area contributed by atoms with Crippen LogP contribution in [0.2, 0.25) is 0 Å². The molecule has 0 unspecified atom stereocenters. The third-order valence-corrected chi connectivity index (χ3v) is 3.62. The minimum Gasteiger partial charge on any atom is -0.296 e. The van der Waals surface area contributed by atoms with Crippen molar-refractivity contribution in [1.82, 2.24) is 9.21 Å². The number of halogens is 3. The molecule has 1 aliphatic heterocycles. The summed E-state index contributed by atoms with van der Waals surface area (Å²) in [5.41, 5.74) is 0.813. The van der Waals surface area contributed by atoms with E-state index in [-0.39, 0.29) is 0 Å². The van der Waals surface area contributed by atoms with Gasteiger partial charge in [0.1, 0.15) is 0 Å². The van der Waals surface area contributed by atoms with Crippen molar-refractivity contribution in [3.8, 4) is 0 Å². The molecule has 2 rings (SSSR count). The normalized spacial score (nSPS) is 18.8. The largest absolute Gasteiger partial charge is 0.416 e. The molecule has 0 aliphatic carbocycles. The molecular weight excluding hydrogens is 273 g/mol. The topological polar surface area (TPSA) is 6.48 Å². The van der Waals surface area contributed by atoms with Crippen molar-refractivity contribution in [3.63, 3.8) is 0 Å². The van der Waals surface area contributed by atoms with Crippen LogP contribution < -0.4 is 0 Å². The van der Waals surface area contributed by atoms with Gasteiger partial charge in [-0.25, -0.2) is 0 Å². The van der Waals surface area contributed by atoms with Gasteiger partial charge in [-0.1, -0.05) is 24.4 Å². The third-order valence-electron chi connectivity index (χ3n) is 3.22. The number of piperazine rings is 1. The number of aryl methyl sites for hydroxylation is 1. The standard InChI is InChI=1S/C13H17F3N2S/c1-10-6-11(8-12(7-10)13(14,15)16)9-17-2-4-18(19)5-3-17/h6-8,19H,2-5,9H2,1H3. The zero-order chi connectivity index (χ0) is 14.0. The lowest BCUT2D eigenvalue weighted by molar-refractivity contribution is -0.137. The molecular formula is C13H17F3N2S. The molecule has 1 saturated heterocycles. The fourth-order valence-electron chi connectivity index (χ4n) is 2.27. The highest BCUT2D eigenvalue weighted by molar-refractivity contribution is 7.77. The number of hydrogen-bond acceptors (Lipinski definition) is 3. The minimum atomic E-state index is -4.27. The Morgan fingerprint density at radius 2 is 1.74 bits per heavy atom. The molecule has 0 amide bonds. The van der Waals surface area contributed by atoms with Gasteiger partial charge in [-0.05, 0) is 24.6 Å². The number of nitrogens with zero attached hydrogens (tertiary/aromatic N) is 2. The van der Waals surface area contributed by atoms with Crippen LogP contribution in [0, 0.1) is 6.92 Å². The van der Waals surface area contributed by atoms with Crippen molar-refractivity contribution in [2.24, 2.45) is 0 Å². The zero-order valence-corrected chi connectivity index (χ0v) is 11.6. The highest BCUT2D eigenvalue weighted by Gasteiger charge is 2.31. The fraction of sp³-hybridized carbons (Fsp3) is 0.538. The van der Waals surface area contributed by atoms with Gasteiger partial charge in [-0.3, -0.25) is 9.21 Å². The Bertz CT molecular complexity index is 440. The van der Waals surface area contributed by atoms with E-state index in [1.54, 1.807) is 6.92 Å². The highest BCUT2D eigenvalue weighted by atomic mass is 32.1. The molecule has 0 saturated carbocycles. The summed E-state index contributed by atoms with van der Waals surface area (Å²) in [6.07, 6.45) is -4.27. The summed E-state index contributed by atoms with van der Waals surface area (Å²) in [5.74, 6) is 0. The molecule has 2 nitrogen and oxygen atoms in total. The number of alkyl halides is 3. The molecule has 1 fully saturated rings. The van der Waals surface area contributed by atoms with Gasteiger partial charge in [0.25, 0.3) is 0 Å². The smallest absolute Gasteiger partial charge is 0.296 e. The van der Waals surface area contributed by atoms with E-state index in [1.807, 2.05) is 10.4 Å². The van der Waals surface area contributed by atoms with Crippen molar-refractivity contribution in [3.05, 3.63) is 34.9 Å². The number of benzene rings is 1. The van der Waals surface area contributed by atoms with Crippen molar-refractivity contribution in [2.45, 2.75) is 19.6 Å². The number of hydrogen-bond donors (Lipinski definition) is 1. The third kappa shape index (κ3) is 4.12. The molecule has 6 heteroatoms. The summed E-state index contributed by atoms with van der Waals surface area (Å²) >= 11 is 4.26. The molecule has 1 heterocycles. The molecule has 0 aromatic heterocycles. The molecule has 106 valence electrons. The SMILES string of the molecule is Cc1cc(CN2CCN(S)CC2)cc(C(F)(F)F)c1. The van der Waals surface area contributed by atoms with Crippen LogP contribution in [0.15, 0.2) is 18.2 Å². The Kier molecular flexibility index (Phi) is 4.43. The minimum absolute atomic E-state index is 0.560. The Balaban J connectivity index is 2.10. The van der Waals surface area contributed by atoms with E-state index in [9.17, 15) is 13.2 Å². The zero-order valence-electron chi connectivity index (χ0n) is 10.7. The lowest BCUT2D eigenvalue weighted by atomic mass is 10.1.